The van der Waals surface area contributed by atoms with Crippen LogP contribution in [0.25, 0.3) is 21.9 Å². The maximum atomic E-state index is 12.2. The van der Waals surface area contributed by atoms with Crippen molar-refractivity contribution in [3.05, 3.63) is 53.6 Å². The molecular weight excluding hydrogens is 306 g/mol. The average molecular weight is 319 g/mol. The van der Waals surface area contributed by atoms with E-state index in [0.717, 1.165) is 27.5 Å². The van der Waals surface area contributed by atoms with Gasteiger partial charge in [0, 0.05) is 17.5 Å². The predicted molar refractivity (Wildman–Crippen MR) is 88.3 cm³/mol. The fraction of sp³-hybridized carbons (Fsp3) is 0.105. The second-order valence-electron chi connectivity index (χ2n) is 5.90. The van der Waals surface area contributed by atoms with Gasteiger partial charge in [0.25, 0.3) is 5.91 Å². The monoisotopic (exact) mass is 319 g/mol. The van der Waals surface area contributed by atoms with Gasteiger partial charge in [-0.05, 0) is 46.3 Å². The molecule has 5 nitrogen and oxygen atoms in total. The summed E-state index contributed by atoms with van der Waals surface area (Å²) in [7, 11) is 0. The maximum absolute atomic E-state index is 12.2. The van der Waals surface area contributed by atoms with Gasteiger partial charge in [-0.1, -0.05) is 18.2 Å². The van der Waals surface area contributed by atoms with Crippen LogP contribution in [0.4, 0.5) is 0 Å². The van der Waals surface area contributed by atoms with Crippen LogP contribution in [0.5, 0.6) is 17.2 Å². The minimum absolute atomic E-state index is 0.0652. The van der Waals surface area contributed by atoms with Gasteiger partial charge in [0.05, 0.1) is 0 Å². The highest BCUT2D eigenvalue weighted by Crippen LogP contribution is 2.46. The molecule has 2 aliphatic heterocycles. The Morgan fingerprint density at radius 1 is 1.04 bits per heavy atom. The number of fused-ring (bicyclic) bond motifs is 4. The quantitative estimate of drug-likeness (QED) is 0.723. The lowest BCUT2D eigenvalue weighted by molar-refractivity contribution is 0.0966. The highest BCUT2D eigenvalue weighted by molar-refractivity contribution is 6.11. The highest BCUT2D eigenvalue weighted by atomic mass is 16.7. The molecule has 0 spiro atoms. The number of rotatable bonds is 1. The number of carbonyl (C=O) groups excluding carboxylic acids is 1. The van der Waals surface area contributed by atoms with Crippen molar-refractivity contribution in [3.8, 4) is 28.4 Å². The number of phenolic OH excluding ortho intramolecular Hbond substituents is 1. The largest absolute Gasteiger partial charge is 0.508 e. The molecule has 0 fully saturated rings. The first-order valence-corrected chi connectivity index (χ1v) is 7.68. The molecule has 0 aliphatic carbocycles. The lowest BCUT2D eigenvalue weighted by atomic mass is 9.90. The third-order valence-electron chi connectivity index (χ3n) is 4.57. The van der Waals surface area contributed by atoms with Crippen molar-refractivity contribution in [2.24, 2.45) is 0 Å². The van der Waals surface area contributed by atoms with E-state index in [0.29, 0.717) is 23.6 Å². The molecule has 2 aliphatic rings. The summed E-state index contributed by atoms with van der Waals surface area (Å²) in [4.78, 5) is 12.2. The fourth-order valence-electron chi connectivity index (χ4n) is 3.49. The zero-order valence-electron chi connectivity index (χ0n) is 12.6. The summed E-state index contributed by atoms with van der Waals surface area (Å²) in [6.07, 6.45) is 0. The summed E-state index contributed by atoms with van der Waals surface area (Å²) in [5.41, 5.74) is 3.50. The van der Waals surface area contributed by atoms with Gasteiger partial charge in [-0.15, -0.1) is 0 Å². The highest BCUT2D eigenvalue weighted by Gasteiger charge is 2.28. The molecule has 3 aromatic carbocycles. The van der Waals surface area contributed by atoms with Gasteiger partial charge < -0.3 is 19.9 Å². The molecule has 2 heterocycles. The summed E-state index contributed by atoms with van der Waals surface area (Å²) in [6.45, 7) is 0.669. The number of ether oxygens (including phenoxy) is 2. The summed E-state index contributed by atoms with van der Waals surface area (Å²) < 4.78 is 11.2. The van der Waals surface area contributed by atoms with Crippen molar-refractivity contribution in [2.75, 3.05) is 6.79 Å². The Kier molecular flexibility index (Phi) is 2.56. The van der Waals surface area contributed by atoms with E-state index in [2.05, 4.69) is 5.32 Å². The number of amides is 1. The van der Waals surface area contributed by atoms with Gasteiger partial charge in [0.1, 0.15) is 5.75 Å². The lowest BCUT2D eigenvalue weighted by Gasteiger charge is -2.14. The van der Waals surface area contributed by atoms with Crippen molar-refractivity contribution >= 4 is 16.7 Å². The summed E-state index contributed by atoms with van der Waals surface area (Å²) >= 11 is 0. The zero-order valence-corrected chi connectivity index (χ0v) is 12.6. The summed E-state index contributed by atoms with van der Waals surface area (Å²) in [5.74, 6) is 1.55. The molecule has 0 bridgehead atoms. The van der Waals surface area contributed by atoms with E-state index in [-0.39, 0.29) is 18.4 Å². The fourth-order valence-corrected chi connectivity index (χ4v) is 3.49. The summed E-state index contributed by atoms with van der Waals surface area (Å²) in [5, 5.41) is 14.3. The van der Waals surface area contributed by atoms with Crippen LogP contribution in [0.3, 0.4) is 0 Å². The Morgan fingerprint density at radius 3 is 2.71 bits per heavy atom. The van der Waals surface area contributed by atoms with Crippen LogP contribution < -0.4 is 14.8 Å². The van der Waals surface area contributed by atoms with Crippen molar-refractivity contribution in [1.82, 2.24) is 5.32 Å². The maximum Gasteiger partial charge on any atom is 0.251 e. The van der Waals surface area contributed by atoms with Gasteiger partial charge in [-0.25, -0.2) is 0 Å². The molecule has 0 atom stereocenters. The molecule has 0 saturated carbocycles. The third kappa shape index (κ3) is 1.72. The van der Waals surface area contributed by atoms with Gasteiger partial charge in [0.15, 0.2) is 11.5 Å². The Labute approximate surface area is 137 Å². The van der Waals surface area contributed by atoms with Crippen molar-refractivity contribution in [2.45, 2.75) is 6.54 Å². The molecule has 24 heavy (non-hydrogen) atoms. The Morgan fingerprint density at radius 2 is 1.88 bits per heavy atom. The van der Waals surface area contributed by atoms with E-state index in [1.54, 1.807) is 12.1 Å². The van der Waals surface area contributed by atoms with Crippen LogP contribution in [0.15, 0.2) is 42.5 Å². The van der Waals surface area contributed by atoms with E-state index in [1.807, 2.05) is 30.3 Å². The normalized spacial score (nSPS) is 14.8. The Balaban J connectivity index is 1.93. The number of aromatic hydroxyl groups is 1. The number of phenols is 1. The van der Waals surface area contributed by atoms with Gasteiger partial charge >= 0.3 is 0 Å². The van der Waals surface area contributed by atoms with Crippen LogP contribution in [0.2, 0.25) is 0 Å². The molecule has 0 aromatic heterocycles. The molecule has 2 N–H and O–H groups in total. The first-order valence-electron chi connectivity index (χ1n) is 7.68. The van der Waals surface area contributed by atoms with Crippen LogP contribution in [-0.2, 0) is 6.54 Å². The molecule has 0 unspecified atom stereocenters. The van der Waals surface area contributed by atoms with E-state index in [4.69, 9.17) is 9.47 Å². The van der Waals surface area contributed by atoms with Gasteiger partial charge in [-0.2, -0.15) is 0 Å². The molecular formula is C19H13NO4. The standard InChI is InChI=1S/C19H13NO4/c21-12-4-1-10(2-5-12)16-14-8-20-19(22)13(14)7-11-3-6-15-18(17(11)16)24-9-23-15/h1-7,21H,8-9H2,(H,20,22). The molecule has 1 amide bonds. The topological polar surface area (TPSA) is 67.8 Å². The number of nitrogens with one attached hydrogen (secondary N) is 1. The number of carbonyl (C=O) groups is 1. The van der Waals surface area contributed by atoms with E-state index in [1.165, 1.54) is 0 Å². The van der Waals surface area contributed by atoms with E-state index in [9.17, 15) is 9.90 Å². The van der Waals surface area contributed by atoms with Crippen LogP contribution in [0, 0.1) is 0 Å². The van der Waals surface area contributed by atoms with Crippen molar-refractivity contribution in [3.63, 3.8) is 0 Å². The minimum atomic E-state index is -0.0652. The molecule has 3 aromatic rings. The SMILES string of the molecule is O=C1NCc2c1cc1ccc3c(c1c2-c1ccc(O)cc1)OCO3. The molecule has 5 heteroatoms. The van der Waals surface area contributed by atoms with Gasteiger partial charge in [-0.3, -0.25) is 4.79 Å². The lowest BCUT2D eigenvalue weighted by Crippen LogP contribution is -2.12. The number of benzene rings is 3. The Bertz CT molecular complexity index is 1010. The number of hydrogen-bond donors (Lipinski definition) is 2. The predicted octanol–water partition coefficient (Wildman–Crippen LogP) is 3.18. The van der Waals surface area contributed by atoms with Crippen molar-refractivity contribution in [1.29, 1.82) is 0 Å². The van der Waals surface area contributed by atoms with Crippen LogP contribution in [0.1, 0.15) is 15.9 Å². The van der Waals surface area contributed by atoms with Gasteiger partial charge in [0.2, 0.25) is 6.79 Å². The third-order valence-corrected chi connectivity index (χ3v) is 4.57. The van der Waals surface area contributed by atoms with Crippen LogP contribution in [-0.4, -0.2) is 17.8 Å². The number of hydrogen-bond acceptors (Lipinski definition) is 4. The molecule has 0 saturated heterocycles. The smallest absolute Gasteiger partial charge is 0.251 e. The first-order chi connectivity index (χ1) is 11.7. The molecule has 5 rings (SSSR count). The second-order valence-corrected chi connectivity index (χ2v) is 5.90. The Hall–Kier alpha value is -3.21. The summed E-state index contributed by atoms with van der Waals surface area (Å²) in [6, 6.07) is 12.7. The van der Waals surface area contributed by atoms with E-state index >= 15 is 0 Å². The van der Waals surface area contributed by atoms with Crippen LogP contribution >= 0.6 is 0 Å². The van der Waals surface area contributed by atoms with Crippen molar-refractivity contribution < 1.29 is 19.4 Å². The average Bonchev–Trinajstić information content (AvgIpc) is 3.21. The first kappa shape index (κ1) is 13.2. The molecule has 118 valence electrons. The minimum Gasteiger partial charge on any atom is -0.508 e. The molecule has 0 radical (unpaired) electrons. The second kappa shape index (κ2) is 4.64. The van der Waals surface area contributed by atoms with E-state index < -0.39 is 0 Å². The zero-order chi connectivity index (χ0) is 16.3.